The van der Waals surface area contributed by atoms with Crippen LogP contribution in [0.1, 0.15) is 16.7 Å². The highest BCUT2D eigenvalue weighted by Gasteiger charge is 2.07. The van der Waals surface area contributed by atoms with Crippen LogP contribution in [0.3, 0.4) is 0 Å². The molecule has 0 saturated heterocycles. The number of anilines is 2. The average Bonchev–Trinajstić information content (AvgIpc) is 2.45. The lowest BCUT2D eigenvalue weighted by Gasteiger charge is -2.09. The van der Waals surface area contributed by atoms with Gasteiger partial charge in [0.05, 0.1) is 0 Å². The number of hydrogen-bond acceptors (Lipinski definition) is 3. The molecule has 2 amide bonds. The topological polar surface area (TPSA) is 67.4 Å². The quantitative estimate of drug-likeness (QED) is 0.856. The van der Waals surface area contributed by atoms with Gasteiger partial charge in [-0.15, -0.1) is 0 Å². The van der Waals surface area contributed by atoms with Crippen molar-refractivity contribution in [3.05, 3.63) is 59.2 Å². The summed E-state index contributed by atoms with van der Waals surface area (Å²) in [5.74, 6) is -0.580. The molecular weight excluding hydrogens is 304 g/mol. The van der Waals surface area contributed by atoms with Gasteiger partial charge in [0.15, 0.2) is 0 Å². The first-order valence-electron chi connectivity index (χ1n) is 7.75. The van der Waals surface area contributed by atoms with Crippen LogP contribution < -0.4 is 10.6 Å². The summed E-state index contributed by atoms with van der Waals surface area (Å²) < 4.78 is 5.17. The van der Waals surface area contributed by atoms with Gasteiger partial charge in [-0.3, -0.25) is 9.59 Å². The Labute approximate surface area is 142 Å². The molecule has 24 heavy (non-hydrogen) atoms. The Morgan fingerprint density at radius 3 is 1.92 bits per heavy atom. The number of hydrogen-bond donors (Lipinski definition) is 2. The van der Waals surface area contributed by atoms with Crippen LogP contribution in [0.4, 0.5) is 11.4 Å². The Morgan fingerprint density at radius 1 is 0.792 bits per heavy atom. The van der Waals surface area contributed by atoms with Crippen LogP contribution in [-0.4, -0.2) is 25.0 Å². The molecule has 0 saturated carbocycles. The first kappa shape index (κ1) is 17.7. The van der Waals surface area contributed by atoms with Crippen molar-refractivity contribution >= 4 is 23.2 Å². The van der Waals surface area contributed by atoms with E-state index in [2.05, 4.69) is 10.6 Å². The fraction of sp³-hybridized carbons (Fsp3) is 0.263. The zero-order valence-corrected chi connectivity index (χ0v) is 14.2. The summed E-state index contributed by atoms with van der Waals surface area (Å²) in [6.45, 7) is 5.54. The van der Waals surface area contributed by atoms with E-state index in [1.165, 1.54) is 0 Å². The molecular formula is C19H22N2O3. The molecule has 0 aliphatic rings. The van der Waals surface area contributed by atoms with Crippen LogP contribution in [0.5, 0.6) is 0 Å². The summed E-state index contributed by atoms with van der Waals surface area (Å²) in [5.41, 5.74) is 4.64. The smallest absolute Gasteiger partial charge is 0.250 e. The summed E-state index contributed by atoms with van der Waals surface area (Å²) >= 11 is 0. The predicted octanol–water partition coefficient (Wildman–Crippen LogP) is 3.21. The van der Waals surface area contributed by atoms with Gasteiger partial charge in [-0.25, -0.2) is 0 Å². The van der Waals surface area contributed by atoms with Gasteiger partial charge in [0.25, 0.3) is 0 Å². The minimum Gasteiger partial charge on any atom is -0.362 e. The summed E-state index contributed by atoms with van der Waals surface area (Å²) in [5, 5.41) is 5.48. The van der Waals surface area contributed by atoms with E-state index >= 15 is 0 Å². The van der Waals surface area contributed by atoms with Crippen LogP contribution >= 0.6 is 0 Å². The number of nitrogens with one attached hydrogen (secondary N) is 2. The lowest BCUT2D eigenvalue weighted by atomic mass is 10.1. The van der Waals surface area contributed by atoms with Crippen molar-refractivity contribution in [2.24, 2.45) is 0 Å². The number of rotatable bonds is 6. The van der Waals surface area contributed by atoms with Crippen molar-refractivity contribution in [1.29, 1.82) is 0 Å². The molecule has 2 aromatic carbocycles. The molecule has 0 aromatic heterocycles. The maximum absolute atomic E-state index is 11.9. The number of aryl methyl sites for hydroxylation is 3. The minimum absolute atomic E-state index is 0.172. The number of benzene rings is 2. The Balaban J connectivity index is 1.75. The van der Waals surface area contributed by atoms with E-state index in [1.807, 2.05) is 57.2 Å². The minimum atomic E-state index is -0.292. The Morgan fingerprint density at radius 2 is 1.33 bits per heavy atom. The van der Waals surface area contributed by atoms with Gasteiger partial charge < -0.3 is 15.4 Å². The second-order valence-corrected chi connectivity index (χ2v) is 5.84. The second kappa shape index (κ2) is 8.26. The SMILES string of the molecule is Cc1cccc(NC(=O)COCC(=O)Nc2cc(C)cc(C)c2)c1. The van der Waals surface area contributed by atoms with E-state index in [0.717, 1.165) is 22.4 Å². The van der Waals surface area contributed by atoms with Crippen molar-refractivity contribution in [3.8, 4) is 0 Å². The third-order valence-electron chi connectivity index (χ3n) is 3.27. The molecule has 0 radical (unpaired) electrons. The van der Waals surface area contributed by atoms with Crippen LogP contribution in [0.2, 0.25) is 0 Å². The lowest BCUT2D eigenvalue weighted by Crippen LogP contribution is -2.24. The van der Waals surface area contributed by atoms with E-state index in [4.69, 9.17) is 4.74 Å². The van der Waals surface area contributed by atoms with E-state index < -0.39 is 0 Å². The third kappa shape index (κ3) is 5.85. The molecule has 0 fully saturated rings. The molecule has 5 heteroatoms. The molecule has 2 N–H and O–H groups in total. The molecule has 126 valence electrons. The predicted molar refractivity (Wildman–Crippen MR) is 95.2 cm³/mol. The van der Waals surface area contributed by atoms with Crippen LogP contribution in [-0.2, 0) is 14.3 Å². The highest BCUT2D eigenvalue weighted by Crippen LogP contribution is 2.13. The number of carbonyl (C=O) groups excluding carboxylic acids is 2. The molecule has 0 unspecified atom stereocenters. The monoisotopic (exact) mass is 326 g/mol. The summed E-state index contributed by atoms with van der Waals surface area (Å²) in [6.07, 6.45) is 0. The normalized spacial score (nSPS) is 10.3. The van der Waals surface area contributed by atoms with Crippen LogP contribution in [0.25, 0.3) is 0 Å². The summed E-state index contributed by atoms with van der Waals surface area (Å²) in [6, 6.07) is 13.3. The van der Waals surface area contributed by atoms with Crippen molar-refractivity contribution in [2.45, 2.75) is 20.8 Å². The van der Waals surface area contributed by atoms with E-state index in [1.54, 1.807) is 6.07 Å². The number of ether oxygens (including phenoxy) is 1. The van der Waals surface area contributed by atoms with E-state index in [-0.39, 0.29) is 25.0 Å². The van der Waals surface area contributed by atoms with Gasteiger partial charge in [-0.1, -0.05) is 18.2 Å². The van der Waals surface area contributed by atoms with Crippen molar-refractivity contribution in [2.75, 3.05) is 23.8 Å². The van der Waals surface area contributed by atoms with Gasteiger partial charge in [0.1, 0.15) is 13.2 Å². The summed E-state index contributed by atoms with van der Waals surface area (Å²) in [7, 11) is 0. The van der Waals surface area contributed by atoms with Gasteiger partial charge in [0, 0.05) is 11.4 Å². The Hall–Kier alpha value is -2.66. The van der Waals surface area contributed by atoms with Gasteiger partial charge in [-0.2, -0.15) is 0 Å². The highest BCUT2D eigenvalue weighted by atomic mass is 16.5. The van der Waals surface area contributed by atoms with E-state index in [9.17, 15) is 9.59 Å². The third-order valence-corrected chi connectivity index (χ3v) is 3.27. The first-order chi connectivity index (χ1) is 11.4. The fourth-order valence-electron chi connectivity index (χ4n) is 2.40. The Bertz CT molecular complexity index is 721. The average molecular weight is 326 g/mol. The zero-order chi connectivity index (χ0) is 17.5. The molecule has 2 rings (SSSR count). The summed E-state index contributed by atoms with van der Waals surface area (Å²) in [4.78, 5) is 23.6. The maximum Gasteiger partial charge on any atom is 0.250 e. The van der Waals surface area contributed by atoms with Crippen molar-refractivity contribution < 1.29 is 14.3 Å². The maximum atomic E-state index is 11.9. The van der Waals surface area contributed by atoms with Crippen LogP contribution in [0.15, 0.2) is 42.5 Å². The largest absolute Gasteiger partial charge is 0.362 e. The van der Waals surface area contributed by atoms with Gasteiger partial charge >= 0.3 is 0 Å². The molecule has 0 spiro atoms. The van der Waals surface area contributed by atoms with Crippen LogP contribution in [0, 0.1) is 20.8 Å². The first-order valence-corrected chi connectivity index (χ1v) is 7.75. The second-order valence-electron chi connectivity index (χ2n) is 5.84. The van der Waals surface area contributed by atoms with Gasteiger partial charge in [-0.05, 0) is 61.7 Å². The molecule has 0 heterocycles. The molecule has 0 aliphatic carbocycles. The molecule has 2 aromatic rings. The standard InChI is InChI=1S/C19H22N2O3/c1-13-5-4-6-16(8-13)20-18(22)11-24-12-19(23)21-17-9-14(2)7-15(3)10-17/h4-10H,11-12H2,1-3H3,(H,20,22)(H,21,23). The van der Waals surface area contributed by atoms with E-state index in [0.29, 0.717) is 5.69 Å². The number of carbonyl (C=O) groups is 2. The van der Waals surface area contributed by atoms with Crippen molar-refractivity contribution in [3.63, 3.8) is 0 Å². The zero-order valence-electron chi connectivity index (χ0n) is 14.2. The molecule has 0 aliphatic heterocycles. The fourth-order valence-corrected chi connectivity index (χ4v) is 2.40. The molecule has 0 bridgehead atoms. The lowest BCUT2D eigenvalue weighted by molar-refractivity contribution is -0.125. The molecule has 0 atom stereocenters. The Kier molecular flexibility index (Phi) is 6.09. The van der Waals surface area contributed by atoms with Gasteiger partial charge in [0.2, 0.25) is 11.8 Å². The number of amides is 2. The molecule has 5 nitrogen and oxygen atoms in total. The highest BCUT2D eigenvalue weighted by molar-refractivity contribution is 5.93. The van der Waals surface area contributed by atoms with Crippen molar-refractivity contribution in [1.82, 2.24) is 0 Å².